The van der Waals surface area contributed by atoms with Crippen LogP contribution in [0.3, 0.4) is 0 Å². The number of nitrogens with zero attached hydrogens (tertiary/aromatic N) is 9. The number of benzene rings is 22. The molecule has 12 nitrogen and oxygen atoms in total. The number of furan rings is 3. The second kappa shape index (κ2) is 30.4. The van der Waals surface area contributed by atoms with Gasteiger partial charge in [0.2, 0.25) is 5.71 Å². The third-order valence-electron chi connectivity index (χ3n) is 29.5. The molecule has 0 aliphatic rings. The molecule has 34 rings (SSSR count). The average molecular weight is 1950 g/mol. The Morgan fingerprint density at radius 1 is 0.222 bits per heavy atom. The Balaban J connectivity index is 0.0000000981. The Bertz CT molecular complexity index is 11800. The van der Waals surface area contributed by atoms with Crippen molar-refractivity contribution < 1.29 is 13.3 Å². The van der Waals surface area contributed by atoms with E-state index in [1.54, 1.807) is 11.3 Å². The summed E-state index contributed by atoms with van der Waals surface area (Å²) in [7, 11) is 0. The van der Waals surface area contributed by atoms with Crippen molar-refractivity contribution in [3.63, 3.8) is 0 Å². The van der Waals surface area contributed by atoms with E-state index < -0.39 is 0 Å². The number of para-hydroxylation sites is 6. The van der Waals surface area contributed by atoms with Gasteiger partial charge in [-0.25, -0.2) is 24.9 Å². The molecule has 22 aromatic carbocycles. The monoisotopic (exact) mass is 1950 g/mol. The fraction of sp³-hybridized carbons (Fsp3) is 0. The van der Waals surface area contributed by atoms with Crippen molar-refractivity contribution in [2.24, 2.45) is 0 Å². The minimum atomic E-state index is 0.312. The predicted molar refractivity (Wildman–Crippen MR) is 608 cm³/mol. The van der Waals surface area contributed by atoms with Crippen LogP contribution < -0.4 is 0 Å². The standard InChI is InChI=1S/C48H24ClN3OS2.C44H22ClN3OS.C34H18ClN3O/c49-47-43(50-44-31-16-6-9-19-36(31)53-48(44)51-47)34-23-27(24-39-40(34)32-17-7-10-20-37(32)54-39)52-35-18-8-5-15-30(35)41-28-13-3-4-14-29(28)42-33-21-25-11-1-2-12-26(25)22-38(33)55-46(42)45(41)52;45-43-44(47-34-22-36-31(21-33(34)46-43)29-18-17-23-9-3-4-12-26(23)41(29)49-36)48-35-16-8-7-15-30(35)38-27-13-5-6-14-28(27)39-32-19-24-10-1-2-11-25(24)20-37(32)50-42(39)40(38)48;35-33-34(37-26-15-7-6-14-25(26)36-33)38-27-16-8-5-13-23(27)29-21-11-3-4-12-22(21)30-24-17-19-9-1-2-10-20(19)18-28(24)39-32(30)31(29)38/h1-24H;1-22H;1-18H. The first-order valence-electron chi connectivity index (χ1n) is 47.7. The summed E-state index contributed by atoms with van der Waals surface area (Å²) in [6.07, 6.45) is 0. The second-order valence-corrected chi connectivity index (χ2v) is 41.5. The zero-order valence-electron chi connectivity index (χ0n) is 75.6. The molecular formula is C126H64Cl3N9O3S3. The van der Waals surface area contributed by atoms with E-state index in [1.165, 1.54) is 121 Å². The molecule has 0 saturated heterocycles. The SMILES string of the molecule is Clc1nc2cc3c(cc2nc1-n1c2ccccc2c2c4ccccc4c4c5cc6ccccc6cc5sc4c21)oc1c2ccccc2ccc31.Clc1nc2ccccc2nc1-n1c2ccccc2c2c3ccccc3c3c4cc5ccccc5cc4oc3c21.Clc1nc2oc3ccccc3c2nc1-c1cc(-n2c3ccccc3c3c4ccccc4c4c5cc6ccccc6cc5sc4c32)cc2sc3ccccc3c12. The molecule has 0 fully saturated rings. The van der Waals surface area contributed by atoms with Crippen molar-refractivity contribution >= 4 is 358 Å². The van der Waals surface area contributed by atoms with Gasteiger partial charge in [0.1, 0.15) is 33.5 Å². The van der Waals surface area contributed by atoms with Crippen molar-refractivity contribution in [3.8, 4) is 28.6 Å². The van der Waals surface area contributed by atoms with Crippen molar-refractivity contribution in [3.05, 3.63) is 404 Å². The molecule has 12 heterocycles. The number of rotatable bonds is 4. The van der Waals surface area contributed by atoms with Crippen LogP contribution in [0.5, 0.6) is 0 Å². The van der Waals surface area contributed by atoms with E-state index >= 15 is 0 Å². The number of halogens is 3. The quantitative estimate of drug-likeness (QED) is 0.169. The summed E-state index contributed by atoms with van der Waals surface area (Å²) in [6, 6.07) is 137. The fourth-order valence-corrected chi connectivity index (χ4v) is 27.8. The van der Waals surface area contributed by atoms with Crippen LogP contribution in [0.1, 0.15) is 0 Å². The lowest BCUT2D eigenvalue weighted by atomic mass is 9.98. The third kappa shape index (κ3) is 11.5. The third-order valence-corrected chi connectivity index (χ3v) is 33.7. The summed E-state index contributed by atoms with van der Waals surface area (Å²) in [6.45, 7) is 0. The molecule has 670 valence electrons. The van der Waals surface area contributed by atoms with Crippen LogP contribution in [-0.2, 0) is 0 Å². The Labute approximate surface area is 840 Å². The van der Waals surface area contributed by atoms with E-state index in [4.69, 9.17) is 78.0 Å². The van der Waals surface area contributed by atoms with Crippen molar-refractivity contribution in [2.75, 3.05) is 0 Å². The molecule has 0 unspecified atom stereocenters. The lowest BCUT2D eigenvalue weighted by molar-refractivity contribution is 0.653. The van der Waals surface area contributed by atoms with Crippen LogP contribution >= 0.6 is 68.8 Å². The maximum absolute atomic E-state index is 7.22. The minimum Gasteiger partial charge on any atom is -0.455 e. The maximum atomic E-state index is 7.22. The second-order valence-electron chi connectivity index (χ2n) is 37.2. The number of aromatic nitrogens is 9. The number of thiophene rings is 3. The first kappa shape index (κ1) is 80.5. The van der Waals surface area contributed by atoms with Gasteiger partial charge in [0.05, 0.1) is 64.6 Å². The van der Waals surface area contributed by atoms with Gasteiger partial charge in [-0.2, -0.15) is 4.98 Å². The smallest absolute Gasteiger partial charge is 0.247 e. The van der Waals surface area contributed by atoms with Gasteiger partial charge in [-0.3, -0.25) is 9.13 Å². The molecule has 0 N–H and O–H groups in total. The topological polar surface area (TPSA) is 132 Å². The first-order valence-corrected chi connectivity index (χ1v) is 51.2. The normalized spacial score (nSPS) is 12.4. The van der Waals surface area contributed by atoms with Crippen LogP contribution in [-0.4, -0.2) is 43.6 Å². The molecule has 0 spiro atoms. The molecule has 0 saturated carbocycles. The van der Waals surface area contributed by atoms with Crippen LogP contribution in [0.4, 0.5) is 0 Å². The Morgan fingerprint density at radius 3 is 1.26 bits per heavy atom. The lowest BCUT2D eigenvalue weighted by Crippen LogP contribution is -2.01. The Morgan fingerprint density at radius 2 is 0.653 bits per heavy atom. The van der Waals surface area contributed by atoms with Gasteiger partial charge in [0.15, 0.2) is 32.7 Å². The first-order chi connectivity index (χ1) is 71.1. The molecular weight excluding hydrogens is 1890 g/mol. The van der Waals surface area contributed by atoms with Crippen molar-refractivity contribution in [1.29, 1.82) is 0 Å². The van der Waals surface area contributed by atoms with Gasteiger partial charge >= 0.3 is 0 Å². The summed E-state index contributed by atoms with van der Waals surface area (Å²) >= 11 is 26.8. The maximum Gasteiger partial charge on any atom is 0.247 e. The molecule has 0 atom stereocenters. The summed E-state index contributed by atoms with van der Waals surface area (Å²) in [5.41, 5.74) is 17.3. The van der Waals surface area contributed by atoms with Gasteiger partial charge in [0.25, 0.3) is 0 Å². The van der Waals surface area contributed by atoms with Gasteiger partial charge < -0.3 is 17.8 Å². The van der Waals surface area contributed by atoms with Crippen molar-refractivity contribution in [2.45, 2.75) is 0 Å². The summed E-state index contributed by atoms with van der Waals surface area (Å²) in [5.74, 6) is 1.19. The lowest BCUT2D eigenvalue weighted by Gasteiger charge is -2.14. The highest BCUT2D eigenvalue weighted by Crippen LogP contribution is 2.55. The van der Waals surface area contributed by atoms with E-state index in [2.05, 4.69) is 335 Å². The molecule has 0 bridgehead atoms. The molecule has 18 heteroatoms. The molecule has 34 aromatic rings. The van der Waals surface area contributed by atoms with Gasteiger partial charge in [-0.05, 0) is 179 Å². The summed E-state index contributed by atoms with van der Waals surface area (Å²) < 4.78 is 33.7. The Kier molecular flexibility index (Phi) is 17.0. The molecule has 0 aliphatic heterocycles. The highest BCUT2D eigenvalue weighted by Gasteiger charge is 2.32. The van der Waals surface area contributed by atoms with Crippen molar-refractivity contribution in [1.82, 2.24) is 43.6 Å². The highest BCUT2D eigenvalue weighted by atomic mass is 35.5. The van der Waals surface area contributed by atoms with Crippen LogP contribution in [0, 0.1) is 0 Å². The van der Waals surface area contributed by atoms with Crippen LogP contribution in [0.15, 0.2) is 401 Å². The number of fused-ring (bicyclic) bond motifs is 46. The number of hydrogen-bond acceptors (Lipinski definition) is 12. The summed E-state index contributed by atoms with van der Waals surface area (Å²) in [4.78, 5) is 30.1. The molecule has 0 amide bonds. The van der Waals surface area contributed by atoms with Gasteiger partial charge in [-0.1, -0.05) is 308 Å². The van der Waals surface area contributed by atoms with Gasteiger partial charge in [0, 0.05) is 133 Å². The summed E-state index contributed by atoms with van der Waals surface area (Å²) in [5, 5.41) is 37.4. The zero-order valence-corrected chi connectivity index (χ0v) is 80.3. The predicted octanol–water partition coefficient (Wildman–Crippen LogP) is 37.5. The molecule has 12 aromatic heterocycles. The fourth-order valence-electron chi connectivity index (χ4n) is 23.4. The van der Waals surface area contributed by atoms with E-state index in [9.17, 15) is 0 Å². The molecule has 0 radical (unpaired) electrons. The zero-order chi connectivity index (χ0) is 94.3. The largest absolute Gasteiger partial charge is 0.455 e. The average Bonchev–Trinajstić information content (AvgIpc) is 1.54. The van der Waals surface area contributed by atoms with Crippen LogP contribution in [0.25, 0.3) is 318 Å². The van der Waals surface area contributed by atoms with Gasteiger partial charge in [-0.15, -0.1) is 34.0 Å². The van der Waals surface area contributed by atoms with E-state index in [0.717, 1.165) is 169 Å². The van der Waals surface area contributed by atoms with E-state index in [-0.39, 0.29) is 0 Å². The van der Waals surface area contributed by atoms with E-state index in [0.29, 0.717) is 44.0 Å². The highest BCUT2D eigenvalue weighted by molar-refractivity contribution is 7.27. The van der Waals surface area contributed by atoms with E-state index in [1.807, 2.05) is 89.4 Å². The molecule has 144 heavy (non-hydrogen) atoms. The molecule has 0 aliphatic carbocycles. The number of hydrogen-bond donors (Lipinski definition) is 0. The Hall–Kier alpha value is -17.3. The van der Waals surface area contributed by atoms with Crippen LogP contribution in [0.2, 0.25) is 15.5 Å². The minimum absolute atomic E-state index is 0.312.